The fourth-order valence-corrected chi connectivity index (χ4v) is 1.14. The Labute approximate surface area is 88.1 Å². The zero-order valence-corrected chi connectivity index (χ0v) is 9.03. The fourth-order valence-electron chi connectivity index (χ4n) is 1.14. The third-order valence-electron chi connectivity index (χ3n) is 1.98. The number of aryl methyl sites for hydroxylation is 1. The smallest absolute Gasteiger partial charge is 0.312 e. The van der Waals surface area contributed by atoms with Crippen LogP contribution < -0.4 is 5.73 Å². The number of carbonyl (C=O) groups is 1. The van der Waals surface area contributed by atoms with Crippen LogP contribution >= 0.6 is 0 Å². The van der Waals surface area contributed by atoms with Crippen molar-refractivity contribution < 1.29 is 14.0 Å². The number of nitrogens with two attached hydrogens (primary N) is 1. The molecule has 1 rings (SSSR count). The van der Waals surface area contributed by atoms with Crippen molar-refractivity contribution in [1.82, 2.24) is 5.06 Å². The lowest BCUT2D eigenvalue weighted by atomic mass is 10.2. The summed E-state index contributed by atoms with van der Waals surface area (Å²) in [5.41, 5.74) is 6.56. The number of carbonyl (C=O) groups excluding carboxylic acids is 1. The Kier molecular flexibility index (Phi) is 3.16. The summed E-state index contributed by atoms with van der Waals surface area (Å²) in [5, 5.41) is 1.07. The minimum Gasteiger partial charge on any atom is -0.449 e. The number of amides is 1. The van der Waals surface area contributed by atoms with E-state index in [0.29, 0.717) is 11.5 Å². The zero-order valence-electron chi connectivity index (χ0n) is 9.03. The number of hydrogen-bond acceptors (Lipinski definition) is 4. The third-order valence-corrected chi connectivity index (χ3v) is 1.98. The zero-order chi connectivity index (χ0) is 11.6. The number of hydrogen-bond donors (Lipinski definition) is 1. The summed E-state index contributed by atoms with van der Waals surface area (Å²) in [6.45, 7) is 5.34. The first-order valence-electron chi connectivity index (χ1n) is 4.34. The molecule has 0 atom stereocenters. The molecule has 0 saturated carbocycles. The Balaban J connectivity index is 3.02. The normalized spacial score (nSPS) is 10.1. The SMILES string of the molecule is C=C(N)c1oc(C(=O)N(C)OC)cc1C. The lowest BCUT2D eigenvalue weighted by Gasteiger charge is -2.10. The summed E-state index contributed by atoms with van der Waals surface area (Å²) in [6.07, 6.45) is 0. The highest BCUT2D eigenvalue weighted by atomic mass is 16.7. The summed E-state index contributed by atoms with van der Waals surface area (Å²) < 4.78 is 5.26. The van der Waals surface area contributed by atoms with E-state index in [1.54, 1.807) is 13.0 Å². The van der Waals surface area contributed by atoms with E-state index in [1.807, 2.05) is 0 Å². The molecule has 15 heavy (non-hydrogen) atoms. The molecular formula is C10H14N2O3. The third kappa shape index (κ3) is 2.19. The standard InChI is InChI=1S/C10H14N2O3/c1-6-5-8(10(13)12(3)14-4)15-9(6)7(2)11/h5H,2,11H2,1,3-4H3. The number of furan rings is 1. The molecule has 0 bridgehead atoms. The van der Waals surface area contributed by atoms with Crippen molar-refractivity contribution in [1.29, 1.82) is 0 Å². The van der Waals surface area contributed by atoms with Crippen LogP contribution in [0.15, 0.2) is 17.1 Å². The first kappa shape index (κ1) is 11.3. The fraction of sp³-hybridized carbons (Fsp3) is 0.300. The van der Waals surface area contributed by atoms with Crippen LogP contribution in [0, 0.1) is 6.92 Å². The van der Waals surface area contributed by atoms with Gasteiger partial charge in [-0.15, -0.1) is 0 Å². The van der Waals surface area contributed by atoms with Gasteiger partial charge in [0.15, 0.2) is 11.5 Å². The lowest BCUT2D eigenvalue weighted by Crippen LogP contribution is -2.24. The summed E-state index contributed by atoms with van der Waals surface area (Å²) in [4.78, 5) is 16.3. The van der Waals surface area contributed by atoms with E-state index in [9.17, 15) is 4.79 Å². The van der Waals surface area contributed by atoms with Crippen LogP contribution in [0.4, 0.5) is 0 Å². The predicted molar refractivity (Wildman–Crippen MR) is 55.8 cm³/mol. The van der Waals surface area contributed by atoms with E-state index in [4.69, 9.17) is 15.0 Å². The van der Waals surface area contributed by atoms with Gasteiger partial charge in [0, 0.05) is 7.05 Å². The molecule has 5 nitrogen and oxygen atoms in total. The second kappa shape index (κ2) is 4.18. The van der Waals surface area contributed by atoms with Gasteiger partial charge in [-0.1, -0.05) is 6.58 Å². The quantitative estimate of drug-likeness (QED) is 0.760. The maximum absolute atomic E-state index is 11.6. The molecule has 0 aliphatic heterocycles. The Morgan fingerprint density at radius 1 is 1.67 bits per heavy atom. The van der Waals surface area contributed by atoms with Crippen LogP contribution in [0.2, 0.25) is 0 Å². The first-order chi connectivity index (χ1) is 6.97. The summed E-state index contributed by atoms with van der Waals surface area (Å²) in [6, 6.07) is 1.60. The second-order valence-electron chi connectivity index (χ2n) is 3.13. The predicted octanol–water partition coefficient (Wildman–Crippen LogP) is 1.15. The Morgan fingerprint density at radius 2 is 2.27 bits per heavy atom. The van der Waals surface area contributed by atoms with Crippen molar-refractivity contribution in [3.8, 4) is 0 Å². The van der Waals surface area contributed by atoms with Crippen LogP contribution in [0.1, 0.15) is 21.9 Å². The van der Waals surface area contributed by atoms with E-state index in [1.165, 1.54) is 14.2 Å². The van der Waals surface area contributed by atoms with Crippen LogP contribution in [-0.4, -0.2) is 25.1 Å². The largest absolute Gasteiger partial charge is 0.449 e. The maximum Gasteiger partial charge on any atom is 0.312 e. The molecule has 1 heterocycles. The van der Waals surface area contributed by atoms with E-state index >= 15 is 0 Å². The second-order valence-corrected chi connectivity index (χ2v) is 3.13. The van der Waals surface area contributed by atoms with E-state index < -0.39 is 0 Å². The average Bonchev–Trinajstić information content (AvgIpc) is 2.58. The van der Waals surface area contributed by atoms with Gasteiger partial charge in [-0.05, 0) is 18.6 Å². The van der Waals surface area contributed by atoms with E-state index in [2.05, 4.69) is 6.58 Å². The average molecular weight is 210 g/mol. The van der Waals surface area contributed by atoms with Gasteiger partial charge in [0.1, 0.15) is 0 Å². The maximum atomic E-state index is 11.6. The Hall–Kier alpha value is -1.75. The van der Waals surface area contributed by atoms with E-state index in [0.717, 1.165) is 10.6 Å². The topological polar surface area (TPSA) is 68.7 Å². The molecule has 0 fully saturated rings. The molecular weight excluding hydrogens is 196 g/mol. The summed E-state index contributed by atoms with van der Waals surface area (Å²) in [7, 11) is 2.90. The molecule has 0 radical (unpaired) electrons. The van der Waals surface area contributed by atoms with Crippen LogP contribution in [0.3, 0.4) is 0 Å². The van der Waals surface area contributed by atoms with Gasteiger partial charge in [-0.25, -0.2) is 5.06 Å². The monoisotopic (exact) mass is 210 g/mol. The van der Waals surface area contributed by atoms with Crippen LogP contribution in [-0.2, 0) is 4.84 Å². The summed E-state index contributed by atoms with van der Waals surface area (Å²) >= 11 is 0. The molecule has 1 amide bonds. The van der Waals surface area contributed by atoms with Crippen LogP contribution in [0.25, 0.3) is 5.70 Å². The molecule has 0 aliphatic rings. The van der Waals surface area contributed by atoms with Gasteiger partial charge in [-0.2, -0.15) is 0 Å². The van der Waals surface area contributed by atoms with Crippen LogP contribution in [0.5, 0.6) is 0 Å². The van der Waals surface area contributed by atoms with Crippen molar-refractivity contribution in [2.45, 2.75) is 6.92 Å². The molecule has 5 heteroatoms. The molecule has 2 N–H and O–H groups in total. The number of nitrogens with zero attached hydrogens (tertiary/aromatic N) is 1. The molecule has 1 aromatic rings. The molecule has 1 aromatic heterocycles. The van der Waals surface area contributed by atoms with Gasteiger partial charge < -0.3 is 10.2 Å². The summed E-state index contributed by atoms with van der Waals surface area (Å²) in [5.74, 6) is 0.245. The van der Waals surface area contributed by atoms with Gasteiger partial charge in [0.2, 0.25) is 0 Å². The molecule has 0 aliphatic carbocycles. The highest BCUT2D eigenvalue weighted by molar-refractivity contribution is 5.91. The molecule has 0 aromatic carbocycles. The highest BCUT2D eigenvalue weighted by Crippen LogP contribution is 2.19. The molecule has 0 saturated heterocycles. The first-order valence-corrected chi connectivity index (χ1v) is 4.34. The van der Waals surface area contributed by atoms with Gasteiger partial charge in [0.25, 0.3) is 0 Å². The number of rotatable bonds is 3. The minimum atomic E-state index is -0.367. The molecule has 0 spiro atoms. The van der Waals surface area contributed by atoms with Gasteiger partial charge in [0.05, 0.1) is 12.8 Å². The lowest BCUT2D eigenvalue weighted by molar-refractivity contribution is -0.0773. The molecule has 82 valence electrons. The van der Waals surface area contributed by atoms with Crippen molar-refractivity contribution >= 4 is 11.6 Å². The molecule has 0 unspecified atom stereocenters. The van der Waals surface area contributed by atoms with Crippen molar-refractivity contribution in [2.24, 2.45) is 5.73 Å². The van der Waals surface area contributed by atoms with Gasteiger partial charge >= 0.3 is 5.91 Å². The minimum absolute atomic E-state index is 0.179. The van der Waals surface area contributed by atoms with E-state index in [-0.39, 0.29) is 11.7 Å². The van der Waals surface area contributed by atoms with Gasteiger partial charge in [-0.3, -0.25) is 9.63 Å². The Morgan fingerprint density at radius 3 is 2.67 bits per heavy atom. The van der Waals surface area contributed by atoms with Crippen molar-refractivity contribution in [2.75, 3.05) is 14.2 Å². The number of hydroxylamine groups is 2. The van der Waals surface area contributed by atoms with Crippen molar-refractivity contribution in [3.05, 3.63) is 29.7 Å². The van der Waals surface area contributed by atoms with Crippen molar-refractivity contribution in [3.63, 3.8) is 0 Å². The highest BCUT2D eigenvalue weighted by Gasteiger charge is 2.18. The Bertz CT molecular complexity index is 395.